The Balaban J connectivity index is 2.49. The van der Waals surface area contributed by atoms with Crippen LogP contribution in [0.5, 0.6) is 0 Å². The molecule has 0 N–H and O–H groups in total. The predicted octanol–water partition coefficient (Wildman–Crippen LogP) is 5.00. The molecule has 0 aliphatic carbocycles. The quantitative estimate of drug-likeness (QED) is 0.398. The van der Waals surface area contributed by atoms with Crippen molar-refractivity contribution in [1.29, 1.82) is 0 Å². The van der Waals surface area contributed by atoms with Crippen molar-refractivity contribution >= 4 is 11.7 Å². The molecular weight excluding hydrogens is 305 g/mol. The van der Waals surface area contributed by atoms with Crippen LogP contribution in [-0.4, -0.2) is 29.7 Å². The van der Waals surface area contributed by atoms with Crippen LogP contribution >= 0.6 is 0 Å². The Morgan fingerprint density at radius 3 is 1.92 bits per heavy atom. The molecule has 0 aromatic heterocycles. The van der Waals surface area contributed by atoms with Crippen LogP contribution in [0.4, 0.5) is 4.39 Å². The van der Waals surface area contributed by atoms with Crippen molar-refractivity contribution in [3.63, 3.8) is 0 Å². The topological polar surface area (TPSA) is 37.4 Å². The summed E-state index contributed by atoms with van der Waals surface area (Å²) in [5, 5.41) is 0. The fraction of sp³-hybridized carbons (Fsp3) is 0.600. The van der Waals surface area contributed by atoms with Crippen molar-refractivity contribution in [2.24, 2.45) is 0 Å². The van der Waals surface area contributed by atoms with E-state index in [1.807, 2.05) is 4.90 Å². The van der Waals surface area contributed by atoms with Crippen LogP contribution in [-0.2, 0) is 4.79 Å². The van der Waals surface area contributed by atoms with Gasteiger partial charge in [0.15, 0.2) is 5.78 Å². The van der Waals surface area contributed by atoms with Crippen LogP contribution < -0.4 is 0 Å². The van der Waals surface area contributed by atoms with Gasteiger partial charge in [-0.3, -0.25) is 9.59 Å². The van der Waals surface area contributed by atoms with E-state index in [1.165, 1.54) is 24.3 Å². The minimum Gasteiger partial charge on any atom is -0.343 e. The molecule has 0 bridgehead atoms. The number of halogens is 1. The first-order valence-electron chi connectivity index (χ1n) is 9.15. The van der Waals surface area contributed by atoms with Crippen LogP contribution in [0, 0.1) is 5.82 Å². The molecule has 0 aliphatic rings. The van der Waals surface area contributed by atoms with Gasteiger partial charge >= 0.3 is 0 Å². The Labute approximate surface area is 145 Å². The maximum Gasteiger partial charge on any atom is 0.223 e. The fourth-order valence-electron chi connectivity index (χ4n) is 2.63. The summed E-state index contributed by atoms with van der Waals surface area (Å²) in [7, 11) is 0. The van der Waals surface area contributed by atoms with E-state index in [-0.39, 0.29) is 30.3 Å². The molecule has 1 aromatic carbocycles. The molecule has 3 nitrogen and oxygen atoms in total. The summed E-state index contributed by atoms with van der Waals surface area (Å²) in [4.78, 5) is 26.5. The van der Waals surface area contributed by atoms with Gasteiger partial charge in [-0.1, -0.05) is 39.5 Å². The van der Waals surface area contributed by atoms with Crippen molar-refractivity contribution in [3.8, 4) is 0 Å². The van der Waals surface area contributed by atoms with Crippen LogP contribution in [0.15, 0.2) is 24.3 Å². The molecule has 1 amide bonds. The van der Waals surface area contributed by atoms with E-state index in [4.69, 9.17) is 0 Å². The second-order valence-electron chi connectivity index (χ2n) is 6.23. The van der Waals surface area contributed by atoms with Crippen molar-refractivity contribution < 1.29 is 14.0 Å². The monoisotopic (exact) mass is 335 g/mol. The fourth-order valence-corrected chi connectivity index (χ4v) is 2.63. The molecule has 0 saturated heterocycles. The highest BCUT2D eigenvalue weighted by atomic mass is 19.1. The highest BCUT2D eigenvalue weighted by Gasteiger charge is 2.15. The third-order valence-electron chi connectivity index (χ3n) is 4.15. The Morgan fingerprint density at radius 2 is 1.42 bits per heavy atom. The lowest BCUT2D eigenvalue weighted by Crippen LogP contribution is -2.33. The van der Waals surface area contributed by atoms with Crippen molar-refractivity contribution in [1.82, 2.24) is 4.90 Å². The zero-order chi connectivity index (χ0) is 17.8. The molecule has 0 unspecified atom stereocenters. The number of nitrogens with zero attached hydrogens (tertiary/aromatic N) is 1. The molecule has 24 heavy (non-hydrogen) atoms. The number of unbranched alkanes of at least 4 members (excludes halogenated alkanes) is 4. The molecule has 1 aromatic rings. The Bertz CT molecular complexity index is 489. The minimum atomic E-state index is -0.361. The van der Waals surface area contributed by atoms with E-state index in [0.717, 1.165) is 51.6 Å². The zero-order valence-electron chi connectivity index (χ0n) is 15.0. The molecule has 0 saturated carbocycles. The van der Waals surface area contributed by atoms with Crippen molar-refractivity contribution in [2.75, 3.05) is 13.1 Å². The lowest BCUT2D eigenvalue weighted by atomic mass is 10.1. The van der Waals surface area contributed by atoms with Gasteiger partial charge in [0.1, 0.15) is 5.82 Å². The minimum absolute atomic E-state index is 0.0534. The smallest absolute Gasteiger partial charge is 0.223 e. The molecular formula is C20H30FNO2. The first kappa shape index (κ1) is 20.3. The number of hydrogen-bond donors (Lipinski definition) is 0. The summed E-state index contributed by atoms with van der Waals surface area (Å²) in [6.07, 6.45) is 6.93. The number of rotatable bonds is 12. The summed E-state index contributed by atoms with van der Waals surface area (Å²) in [6.45, 7) is 5.84. The highest BCUT2D eigenvalue weighted by Crippen LogP contribution is 2.10. The lowest BCUT2D eigenvalue weighted by molar-refractivity contribution is -0.131. The van der Waals surface area contributed by atoms with E-state index in [9.17, 15) is 14.0 Å². The Hall–Kier alpha value is -1.71. The molecule has 0 heterocycles. The number of benzene rings is 1. The summed E-state index contributed by atoms with van der Waals surface area (Å²) in [5.41, 5.74) is 0.465. The van der Waals surface area contributed by atoms with Gasteiger partial charge in [-0.2, -0.15) is 0 Å². The summed E-state index contributed by atoms with van der Waals surface area (Å²) < 4.78 is 12.9. The van der Waals surface area contributed by atoms with Gasteiger partial charge in [-0.05, 0) is 37.1 Å². The van der Waals surface area contributed by atoms with Crippen molar-refractivity contribution in [3.05, 3.63) is 35.6 Å². The van der Waals surface area contributed by atoms with E-state index in [1.54, 1.807) is 0 Å². The molecule has 0 radical (unpaired) electrons. The van der Waals surface area contributed by atoms with E-state index in [2.05, 4.69) is 13.8 Å². The van der Waals surface area contributed by atoms with Gasteiger partial charge in [0.2, 0.25) is 5.91 Å². The second kappa shape index (κ2) is 11.8. The van der Waals surface area contributed by atoms with Crippen LogP contribution in [0.1, 0.15) is 75.6 Å². The summed E-state index contributed by atoms with van der Waals surface area (Å²) >= 11 is 0. The van der Waals surface area contributed by atoms with Crippen molar-refractivity contribution in [2.45, 2.75) is 65.2 Å². The third-order valence-corrected chi connectivity index (χ3v) is 4.15. The summed E-state index contributed by atoms with van der Waals surface area (Å²) in [5.74, 6) is -0.413. The van der Waals surface area contributed by atoms with Crippen LogP contribution in [0.3, 0.4) is 0 Å². The molecule has 0 spiro atoms. The lowest BCUT2D eigenvalue weighted by Gasteiger charge is -2.22. The molecule has 0 aliphatic heterocycles. The van der Waals surface area contributed by atoms with Crippen LogP contribution in [0.2, 0.25) is 0 Å². The molecule has 134 valence electrons. The van der Waals surface area contributed by atoms with Crippen LogP contribution in [0.25, 0.3) is 0 Å². The SMILES string of the molecule is CCCCCN(CCCCC)C(=O)CCC(=O)c1ccc(F)cc1. The highest BCUT2D eigenvalue weighted by molar-refractivity contribution is 5.97. The maximum absolute atomic E-state index is 12.9. The average Bonchev–Trinajstić information content (AvgIpc) is 2.59. The third kappa shape index (κ3) is 7.71. The maximum atomic E-state index is 12.9. The van der Waals surface area contributed by atoms with E-state index < -0.39 is 0 Å². The zero-order valence-corrected chi connectivity index (χ0v) is 15.0. The number of carbonyl (C=O) groups is 2. The van der Waals surface area contributed by atoms with Gasteiger partial charge < -0.3 is 4.90 Å². The standard InChI is InChI=1S/C20H30FNO2/c1-3-5-7-15-22(16-8-6-4-2)20(24)14-13-19(23)17-9-11-18(21)12-10-17/h9-12H,3-8,13-16H2,1-2H3. The van der Waals surface area contributed by atoms with Gasteiger partial charge in [-0.15, -0.1) is 0 Å². The average molecular weight is 335 g/mol. The number of hydrogen-bond acceptors (Lipinski definition) is 2. The Kier molecular flexibility index (Phi) is 9.97. The number of amides is 1. The normalized spacial score (nSPS) is 10.6. The molecule has 0 atom stereocenters. The first-order valence-corrected chi connectivity index (χ1v) is 9.15. The van der Waals surface area contributed by atoms with E-state index >= 15 is 0 Å². The van der Waals surface area contributed by atoms with Gasteiger partial charge in [0.25, 0.3) is 0 Å². The van der Waals surface area contributed by atoms with Gasteiger partial charge in [0, 0.05) is 31.5 Å². The Morgan fingerprint density at radius 1 is 0.875 bits per heavy atom. The largest absolute Gasteiger partial charge is 0.343 e. The summed E-state index contributed by atoms with van der Waals surface area (Å²) in [6, 6.07) is 5.50. The molecule has 1 rings (SSSR count). The second-order valence-corrected chi connectivity index (χ2v) is 6.23. The molecule has 4 heteroatoms. The van der Waals surface area contributed by atoms with Gasteiger partial charge in [-0.25, -0.2) is 4.39 Å². The predicted molar refractivity (Wildman–Crippen MR) is 95.6 cm³/mol. The number of carbonyl (C=O) groups excluding carboxylic acids is 2. The van der Waals surface area contributed by atoms with E-state index in [0.29, 0.717) is 5.56 Å². The first-order chi connectivity index (χ1) is 11.6. The molecule has 0 fully saturated rings. The van der Waals surface area contributed by atoms with Gasteiger partial charge in [0.05, 0.1) is 0 Å². The number of ketones is 1. The number of Topliss-reactive ketones (excluding diaryl/α,β-unsaturated/α-hetero) is 1.